The Bertz CT molecular complexity index is 384. The van der Waals surface area contributed by atoms with E-state index in [9.17, 15) is 19.5 Å². The third kappa shape index (κ3) is 6.95. The molecule has 0 aromatic carbocycles. The summed E-state index contributed by atoms with van der Waals surface area (Å²) in [5.41, 5.74) is 0. The summed E-state index contributed by atoms with van der Waals surface area (Å²) in [5, 5.41) is 17.7. The Labute approximate surface area is 128 Å². The van der Waals surface area contributed by atoms with E-state index in [1.54, 1.807) is 6.92 Å². The first-order chi connectivity index (χ1) is 9.90. The smallest absolute Gasteiger partial charge is 0.313 e. The first-order valence-corrected chi connectivity index (χ1v) is 8.19. The summed E-state index contributed by atoms with van der Waals surface area (Å²) in [7, 11) is 0. The number of aliphatic carboxylic acids is 1. The summed E-state index contributed by atoms with van der Waals surface area (Å²) in [6.07, 6.45) is 2.03. The van der Waals surface area contributed by atoms with Crippen molar-refractivity contribution in [3.05, 3.63) is 0 Å². The standard InChI is InChI=1S/C14H22O6S/c1-9-5-3-2-4-6-10(15)14(19)11(7-13(18)20-9)21-8-12(16)17/h9-11,15H,2-8H2,1H3,(H,16,17). The minimum absolute atomic E-state index is 0.196. The second kappa shape index (κ2) is 9.04. The predicted octanol–water partition coefficient (Wildman–Crippen LogP) is 1.39. The van der Waals surface area contributed by atoms with Crippen molar-refractivity contribution in [1.29, 1.82) is 0 Å². The van der Waals surface area contributed by atoms with Gasteiger partial charge in [0.1, 0.15) is 6.10 Å². The van der Waals surface area contributed by atoms with E-state index in [2.05, 4.69) is 0 Å². The SMILES string of the molecule is CC1CCCCCC(O)C(=O)C(SCC(=O)O)CC(=O)O1. The summed E-state index contributed by atoms with van der Waals surface area (Å²) < 4.78 is 5.21. The minimum Gasteiger partial charge on any atom is -0.481 e. The zero-order chi connectivity index (χ0) is 15.8. The van der Waals surface area contributed by atoms with E-state index in [-0.39, 0.29) is 18.3 Å². The molecular weight excluding hydrogens is 296 g/mol. The monoisotopic (exact) mass is 318 g/mol. The molecule has 1 aliphatic rings. The highest BCUT2D eigenvalue weighted by atomic mass is 32.2. The van der Waals surface area contributed by atoms with Gasteiger partial charge in [0, 0.05) is 0 Å². The molecule has 0 spiro atoms. The molecule has 0 amide bonds. The lowest BCUT2D eigenvalue weighted by atomic mass is 10.0. The number of carbonyl (C=O) groups excluding carboxylic acids is 2. The summed E-state index contributed by atoms with van der Waals surface area (Å²) in [4.78, 5) is 34.6. The van der Waals surface area contributed by atoms with Crippen LogP contribution in [0.15, 0.2) is 0 Å². The molecule has 0 saturated carbocycles. The van der Waals surface area contributed by atoms with E-state index in [0.29, 0.717) is 6.42 Å². The Morgan fingerprint density at radius 2 is 1.95 bits per heavy atom. The maximum absolute atomic E-state index is 12.1. The van der Waals surface area contributed by atoms with Crippen molar-refractivity contribution in [2.24, 2.45) is 0 Å². The first-order valence-electron chi connectivity index (χ1n) is 7.14. The van der Waals surface area contributed by atoms with Gasteiger partial charge in [-0.05, 0) is 26.2 Å². The molecule has 7 heteroatoms. The molecule has 3 unspecified atom stereocenters. The average molecular weight is 318 g/mol. The molecular formula is C14H22O6S. The lowest BCUT2D eigenvalue weighted by Gasteiger charge is -2.20. The zero-order valence-corrected chi connectivity index (χ0v) is 12.9. The fourth-order valence-corrected chi connectivity index (χ4v) is 3.12. The van der Waals surface area contributed by atoms with E-state index in [1.807, 2.05) is 0 Å². The number of aliphatic hydroxyl groups is 1. The van der Waals surface area contributed by atoms with Gasteiger partial charge in [-0.15, -0.1) is 11.8 Å². The largest absolute Gasteiger partial charge is 0.481 e. The van der Waals surface area contributed by atoms with Crippen LogP contribution in [-0.2, 0) is 19.1 Å². The Morgan fingerprint density at radius 1 is 1.29 bits per heavy atom. The van der Waals surface area contributed by atoms with E-state index >= 15 is 0 Å². The van der Waals surface area contributed by atoms with Gasteiger partial charge in [0.25, 0.3) is 0 Å². The number of rotatable bonds is 3. The van der Waals surface area contributed by atoms with Gasteiger partial charge in [0.2, 0.25) is 0 Å². The molecule has 0 aliphatic carbocycles. The Balaban J connectivity index is 2.74. The van der Waals surface area contributed by atoms with Crippen LogP contribution in [-0.4, -0.2) is 51.1 Å². The van der Waals surface area contributed by atoms with Gasteiger partial charge in [-0.1, -0.05) is 12.8 Å². The van der Waals surface area contributed by atoms with E-state index < -0.39 is 29.1 Å². The topological polar surface area (TPSA) is 101 Å². The predicted molar refractivity (Wildman–Crippen MR) is 78.2 cm³/mol. The quantitative estimate of drug-likeness (QED) is 0.758. The lowest BCUT2D eigenvalue weighted by molar-refractivity contribution is -0.150. The normalized spacial score (nSPS) is 29.1. The van der Waals surface area contributed by atoms with Crippen LogP contribution in [0, 0.1) is 0 Å². The van der Waals surface area contributed by atoms with Crippen LogP contribution in [0.2, 0.25) is 0 Å². The number of aliphatic hydroxyl groups excluding tert-OH is 1. The number of carboxylic acid groups (broad SMARTS) is 1. The van der Waals surface area contributed by atoms with E-state index in [1.165, 1.54) is 0 Å². The number of cyclic esters (lactones) is 1. The molecule has 0 bridgehead atoms. The number of hydrogen-bond acceptors (Lipinski definition) is 6. The van der Waals surface area contributed by atoms with Crippen molar-refractivity contribution in [3.63, 3.8) is 0 Å². The average Bonchev–Trinajstić information content (AvgIpc) is 2.40. The maximum Gasteiger partial charge on any atom is 0.313 e. The number of esters is 1. The minimum atomic E-state index is -1.14. The van der Waals surface area contributed by atoms with Crippen LogP contribution in [0.1, 0.15) is 45.4 Å². The number of carbonyl (C=O) groups is 3. The van der Waals surface area contributed by atoms with Crippen molar-refractivity contribution >= 4 is 29.5 Å². The molecule has 0 aromatic rings. The van der Waals surface area contributed by atoms with Crippen LogP contribution in [0.4, 0.5) is 0 Å². The van der Waals surface area contributed by atoms with E-state index in [0.717, 1.165) is 37.4 Å². The van der Waals surface area contributed by atoms with Crippen LogP contribution in [0.25, 0.3) is 0 Å². The summed E-state index contributed by atoms with van der Waals surface area (Å²) in [6.45, 7) is 1.81. The fourth-order valence-electron chi connectivity index (χ4n) is 2.20. The second-order valence-electron chi connectivity index (χ2n) is 5.25. The van der Waals surface area contributed by atoms with Crippen molar-refractivity contribution in [3.8, 4) is 0 Å². The zero-order valence-electron chi connectivity index (χ0n) is 12.1. The maximum atomic E-state index is 12.1. The highest BCUT2D eigenvalue weighted by Gasteiger charge is 2.29. The number of carboxylic acids is 1. The van der Waals surface area contributed by atoms with Crippen LogP contribution >= 0.6 is 11.8 Å². The third-order valence-corrected chi connectivity index (χ3v) is 4.54. The first kappa shape index (κ1) is 18.0. The second-order valence-corrected chi connectivity index (χ2v) is 6.45. The van der Waals surface area contributed by atoms with Crippen LogP contribution in [0.3, 0.4) is 0 Å². The van der Waals surface area contributed by atoms with Gasteiger partial charge in [-0.25, -0.2) is 0 Å². The van der Waals surface area contributed by atoms with Gasteiger partial charge in [-0.3, -0.25) is 14.4 Å². The summed E-state index contributed by atoms with van der Waals surface area (Å²) in [6, 6.07) is 0. The molecule has 3 atom stereocenters. The molecule has 120 valence electrons. The van der Waals surface area contributed by atoms with Gasteiger partial charge in [-0.2, -0.15) is 0 Å². The Morgan fingerprint density at radius 3 is 2.62 bits per heavy atom. The van der Waals surface area contributed by atoms with Crippen LogP contribution in [0.5, 0.6) is 0 Å². The molecule has 21 heavy (non-hydrogen) atoms. The molecule has 1 heterocycles. The van der Waals surface area contributed by atoms with Gasteiger partial charge >= 0.3 is 11.9 Å². The summed E-state index contributed by atoms with van der Waals surface area (Å²) in [5.74, 6) is -2.35. The highest BCUT2D eigenvalue weighted by Crippen LogP contribution is 2.22. The number of ketones is 1. The third-order valence-electron chi connectivity index (χ3n) is 3.33. The molecule has 1 aliphatic heterocycles. The Kier molecular flexibility index (Phi) is 7.74. The number of hydrogen-bond donors (Lipinski definition) is 2. The molecule has 6 nitrogen and oxygen atoms in total. The van der Waals surface area contributed by atoms with Gasteiger partial charge < -0.3 is 14.9 Å². The van der Waals surface area contributed by atoms with Crippen LogP contribution < -0.4 is 0 Å². The molecule has 0 radical (unpaired) electrons. The molecule has 1 fully saturated rings. The molecule has 0 aromatic heterocycles. The van der Waals surface area contributed by atoms with Crippen molar-refractivity contribution < 1.29 is 29.3 Å². The molecule has 1 rings (SSSR count). The van der Waals surface area contributed by atoms with Crippen molar-refractivity contribution in [2.75, 3.05) is 5.75 Å². The van der Waals surface area contributed by atoms with Crippen molar-refractivity contribution in [2.45, 2.75) is 62.9 Å². The molecule has 1 saturated heterocycles. The fraction of sp³-hybridized carbons (Fsp3) is 0.786. The van der Waals surface area contributed by atoms with E-state index in [4.69, 9.17) is 9.84 Å². The Hall–Kier alpha value is -1.08. The number of Topliss-reactive ketones (excluding diaryl/α,β-unsaturated/α-hetero) is 1. The molecule has 2 N–H and O–H groups in total. The highest BCUT2D eigenvalue weighted by molar-refractivity contribution is 8.01. The number of ether oxygens (including phenoxy) is 1. The number of thioether (sulfide) groups is 1. The van der Waals surface area contributed by atoms with Gasteiger partial charge in [0.15, 0.2) is 5.78 Å². The summed E-state index contributed by atoms with van der Waals surface area (Å²) >= 11 is 0.863. The lowest BCUT2D eigenvalue weighted by Crippen LogP contribution is -2.34. The van der Waals surface area contributed by atoms with Gasteiger partial charge in [0.05, 0.1) is 23.5 Å². The van der Waals surface area contributed by atoms with Crippen molar-refractivity contribution in [1.82, 2.24) is 0 Å².